The van der Waals surface area contributed by atoms with Crippen molar-refractivity contribution in [3.8, 4) is 22.6 Å². The van der Waals surface area contributed by atoms with E-state index >= 15 is 0 Å². The van der Waals surface area contributed by atoms with Gasteiger partial charge in [-0.05, 0) is 87.8 Å². The first-order valence-electron chi connectivity index (χ1n) is 11.4. The Bertz CT molecular complexity index is 719. The summed E-state index contributed by atoms with van der Waals surface area (Å²) >= 11 is 0. The Balaban J connectivity index is 1.31. The van der Waals surface area contributed by atoms with Gasteiger partial charge in [0.15, 0.2) is 0 Å². The molecule has 0 saturated heterocycles. The van der Waals surface area contributed by atoms with Crippen molar-refractivity contribution in [3.05, 3.63) is 48.5 Å². The second-order valence-electron chi connectivity index (χ2n) is 8.57. The van der Waals surface area contributed by atoms with Gasteiger partial charge in [0, 0.05) is 13.2 Å². The molecule has 0 spiro atoms. The Morgan fingerprint density at radius 1 is 0.600 bits per heavy atom. The second kappa shape index (κ2) is 9.40. The van der Waals surface area contributed by atoms with Crippen molar-refractivity contribution in [3.63, 3.8) is 0 Å². The van der Waals surface area contributed by atoms with E-state index in [0.717, 1.165) is 50.4 Å². The lowest BCUT2D eigenvalue weighted by Gasteiger charge is -2.40. The normalized spacial score (nSPS) is 18.9. The third-order valence-corrected chi connectivity index (χ3v) is 6.48. The minimum Gasteiger partial charge on any atom is -0.491 e. The van der Waals surface area contributed by atoms with E-state index in [9.17, 15) is 0 Å². The Hall–Kier alpha value is -2.04. The molecule has 0 aromatic heterocycles. The Morgan fingerprint density at radius 3 is 1.23 bits per heavy atom. The predicted molar refractivity (Wildman–Crippen MR) is 119 cm³/mol. The average molecular weight is 411 g/mol. The number of rotatable bonds is 11. The quantitative estimate of drug-likeness (QED) is 0.453. The zero-order valence-corrected chi connectivity index (χ0v) is 18.3. The summed E-state index contributed by atoms with van der Waals surface area (Å²) in [6.45, 7) is 6.86. The van der Waals surface area contributed by atoms with Crippen LogP contribution in [0.25, 0.3) is 11.1 Å². The van der Waals surface area contributed by atoms with E-state index in [1.54, 1.807) is 0 Å². The molecule has 0 radical (unpaired) electrons. The van der Waals surface area contributed by atoms with Crippen LogP contribution in [0.5, 0.6) is 11.5 Å². The van der Waals surface area contributed by atoms with Gasteiger partial charge < -0.3 is 18.9 Å². The molecule has 2 aliphatic rings. The van der Waals surface area contributed by atoms with Crippen LogP contribution in [-0.4, -0.2) is 37.6 Å². The summed E-state index contributed by atoms with van der Waals surface area (Å²) in [5.41, 5.74) is 2.20. The fourth-order valence-electron chi connectivity index (χ4n) is 4.33. The minimum atomic E-state index is -0.0660. The van der Waals surface area contributed by atoms with Crippen LogP contribution in [0.15, 0.2) is 48.5 Å². The molecule has 4 nitrogen and oxygen atoms in total. The molecule has 0 aliphatic heterocycles. The highest BCUT2D eigenvalue weighted by Gasteiger charge is 2.39. The molecule has 4 rings (SSSR count). The second-order valence-corrected chi connectivity index (χ2v) is 8.57. The van der Waals surface area contributed by atoms with E-state index in [-0.39, 0.29) is 11.2 Å². The lowest BCUT2D eigenvalue weighted by atomic mass is 9.80. The Morgan fingerprint density at radius 2 is 0.967 bits per heavy atom. The molecule has 2 saturated carbocycles. The number of benzene rings is 2. The summed E-state index contributed by atoms with van der Waals surface area (Å²) in [5.74, 6) is 1.79. The van der Waals surface area contributed by atoms with Crippen molar-refractivity contribution >= 4 is 0 Å². The minimum absolute atomic E-state index is 0.0660. The lowest BCUT2D eigenvalue weighted by molar-refractivity contribution is -0.118. The van der Waals surface area contributed by atoms with Gasteiger partial charge >= 0.3 is 0 Å². The van der Waals surface area contributed by atoms with E-state index in [1.807, 2.05) is 24.3 Å². The summed E-state index contributed by atoms with van der Waals surface area (Å²) < 4.78 is 23.9. The van der Waals surface area contributed by atoms with Gasteiger partial charge in [0.1, 0.15) is 35.9 Å². The van der Waals surface area contributed by atoms with Gasteiger partial charge in [-0.3, -0.25) is 0 Å². The topological polar surface area (TPSA) is 36.9 Å². The molecule has 2 aliphatic carbocycles. The highest BCUT2D eigenvalue weighted by Crippen LogP contribution is 2.37. The van der Waals surface area contributed by atoms with Gasteiger partial charge in [-0.15, -0.1) is 0 Å². The van der Waals surface area contributed by atoms with Gasteiger partial charge in [-0.1, -0.05) is 24.3 Å². The first-order valence-corrected chi connectivity index (χ1v) is 11.4. The highest BCUT2D eigenvalue weighted by molar-refractivity contribution is 5.64. The SMILES string of the molecule is CCOC1(COc2ccc(-c3ccc(OCC4(OCC)CCC4)cc3)cc2)CCC1. The molecule has 2 aromatic rings. The zero-order chi connectivity index (χ0) is 20.9. The molecule has 162 valence electrons. The van der Waals surface area contributed by atoms with E-state index in [4.69, 9.17) is 18.9 Å². The third kappa shape index (κ3) is 4.81. The van der Waals surface area contributed by atoms with Gasteiger partial charge in [-0.25, -0.2) is 0 Å². The largest absolute Gasteiger partial charge is 0.491 e. The molecule has 30 heavy (non-hydrogen) atoms. The van der Waals surface area contributed by atoms with E-state index < -0.39 is 0 Å². The molecule has 0 unspecified atom stereocenters. The molecule has 2 aromatic carbocycles. The van der Waals surface area contributed by atoms with Crippen molar-refractivity contribution in [1.29, 1.82) is 0 Å². The first-order chi connectivity index (χ1) is 14.7. The molecule has 0 N–H and O–H groups in total. The van der Waals surface area contributed by atoms with E-state index in [0.29, 0.717) is 13.2 Å². The van der Waals surface area contributed by atoms with Crippen molar-refractivity contribution in [2.75, 3.05) is 26.4 Å². The molecule has 2 fully saturated rings. The first kappa shape index (κ1) is 21.2. The van der Waals surface area contributed by atoms with Gasteiger partial charge in [-0.2, -0.15) is 0 Å². The summed E-state index contributed by atoms with van der Waals surface area (Å²) in [6.07, 6.45) is 6.85. The number of hydrogen-bond acceptors (Lipinski definition) is 4. The fraction of sp³-hybridized carbons (Fsp3) is 0.538. The van der Waals surface area contributed by atoms with E-state index in [1.165, 1.54) is 24.0 Å². The standard InChI is InChI=1S/C26H34O4/c1-3-29-25(15-5-16-25)19-27-23-11-7-21(8-12-23)22-9-13-24(14-10-22)28-20-26(30-4-2)17-6-18-26/h7-14H,3-6,15-20H2,1-2H3. The van der Waals surface area contributed by atoms with Crippen molar-refractivity contribution in [2.45, 2.75) is 63.6 Å². The molecule has 0 bridgehead atoms. The van der Waals surface area contributed by atoms with Crippen LogP contribution in [0.3, 0.4) is 0 Å². The van der Waals surface area contributed by atoms with Gasteiger partial charge in [0.25, 0.3) is 0 Å². The monoisotopic (exact) mass is 410 g/mol. The molecular weight excluding hydrogens is 376 g/mol. The van der Waals surface area contributed by atoms with Crippen LogP contribution in [0.2, 0.25) is 0 Å². The maximum Gasteiger partial charge on any atom is 0.119 e. The van der Waals surface area contributed by atoms with Crippen LogP contribution in [0.4, 0.5) is 0 Å². The van der Waals surface area contributed by atoms with Crippen LogP contribution in [-0.2, 0) is 9.47 Å². The average Bonchev–Trinajstić information content (AvgIpc) is 2.72. The fourth-order valence-corrected chi connectivity index (χ4v) is 4.33. The molecule has 0 heterocycles. The maximum atomic E-state index is 6.02. The smallest absolute Gasteiger partial charge is 0.119 e. The van der Waals surface area contributed by atoms with Gasteiger partial charge in [0.2, 0.25) is 0 Å². The lowest BCUT2D eigenvalue weighted by Crippen LogP contribution is -2.45. The van der Waals surface area contributed by atoms with Crippen LogP contribution in [0, 0.1) is 0 Å². The molecule has 4 heteroatoms. The molecule has 0 amide bonds. The number of ether oxygens (including phenoxy) is 4. The van der Waals surface area contributed by atoms with Crippen LogP contribution >= 0.6 is 0 Å². The number of hydrogen-bond donors (Lipinski definition) is 0. The summed E-state index contributed by atoms with van der Waals surface area (Å²) in [6, 6.07) is 16.6. The molecule has 0 atom stereocenters. The van der Waals surface area contributed by atoms with E-state index in [2.05, 4.69) is 38.1 Å². The summed E-state index contributed by atoms with van der Waals surface area (Å²) in [5, 5.41) is 0. The zero-order valence-electron chi connectivity index (χ0n) is 18.3. The van der Waals surface area contributed by atoms with Gasteiger partial charge in [0.05, 0.1) is 0 Å². The van der Waals surface area contributed by atoms with Crippen LogP contribution in [0.1, 0.15) is 52.4 Å². The summed E-state index contributed by atoms with van der Waals surface area (Å²) in [4.78, 5) is 0. The summed E-state index contributed by atoms with van der Waals surface area (Å²) in [7, 11) is 0. The van der Waals surface area contributed by atoms with Crippen molar-refractivity contribution in [2.24, 2.45) is 0 Å². The Labute approximate surface area is 180 Å². The molecular formula is C26H34O4. The maximum absolute atomic E-state index is 6.02. The highest BCUT2D eigenvalue weighted by atomic mass is 16.5. The van der Waals surface area contributed by atoms with Crippen LogP contribution < -0.4 is 9.47 Å². The predicted octanol–water partition coefficient (Wildman–Crippen LogP) is 6.03. The Kier molecular flexibility index (Phi) is 6.64. The van der Waals surface area contributed by atoms with Crippen molar-refractivity contribution in [1.82, 2.24) is 0 Å². The third-order valence-electron chi connectivity index (χ3n) is 6.48. The van der Waals surface area contributed by atoms with Crippen molar-refractivity contribution < 1.29 is 18.9 Å².